The van der Waals surface area contributed by atoms with Crippen molar-refractivity contribution >= 4 is 21.9 Å². The summed E-state index contributed by atoms with van der Waals surface area (Å²) in [5.41, 5.74) is -0.0541. The Morgan fingerprint density at radius 1 is 1.39 bits per heavy atom. The predicted octanol–water partition coefficient (Wildman–Crippen LogP) is 3.47. The minimum atomic E-state index is -1.15. The van der Waals surface area contributed by atoms with Crippen LogP contribution in [0.15, 0.2) is 41.0 Å². The van der Waals surface area contributed by atoms with Gasteiger partial charge in [0.05, 0.1) is 0 Å². The SMILES string of the molecule is O=C(O)c1ccccc1Oc1ncc(Br)cc1F. The van der Waals surface area contributed by atoms with Gasteiger partial charge in [0.2, 0.25) is 0 Å². The monoisotopic (exact) mass is 311 g/mol. The lowest BCUT2D eigenvalue weighted by atomic mass is 10.2. The van der Waals surface area contributed by atoms with Gasteiger partial charge in [0.25, 0.3) is 5.88 Å². The normalized spacial score (nSPS) is 10.1. The van der Waals surface area contributed by atoms with E-state index >= 15 is 0 Å². The van der Waals surface area contributed by atoms with E-state index in [1.54, 1.807) is 12.1 Å². The summed E-state index contributed by atoms with van der Waals surface area (Å²) < 4.78 is 19.1. The molecule has 0 bridgehead atoms. The maximum atomic E-state index is 13.5. The Bertz CT molecular complexity index is 604. The van der Waals surface area contributed by atoms with Gasteiger partial charge in [0.15, 0.2) is 5.82 Å². The summed E-state index contributed by atoms with van der Waals surface area (Å²) in [6.07, 6.45) is 1.36. The highest BCUT2D eigenvalue weighted by Crippen LogP contribution is 2.26. The van der Waals surface area contributed by atoms with Gasteiger partial charge in [0.1, 0.15) is 11.3 Å². The number of benzene rings is 1. The molecule has 0 spiro atoms. The molecule has 0 aliphatic rings. The number of ether oxygens (including phenoxy) is 1. The number of aromatic carboxylic acids is 1. The zero-order valence-corrected chi connectivity index (χ0v) is 10.5. The van der Waals surface area contributed by atoms with Crippen LogP contribution < -0.4 is 4.74 Å². The molecule has 1 aromatic carbocycles. The van der Waals surface area contributed by atoms with E-state index in [0.29, 0.717) is 4.47 Å². The van der Waals surface area contributed by atoms with Crippen LogP contribution in [0.2, 0.25) is 0 Å². The number of carbonyl (C=O) groups is 1. The van der Waals surface area contributed by atoms with Crippen LogP contribution in [-0.2, 0) is 0 Å². The van der Waals surface area contributed by atoms with E-state index in [0.717, 1.165) is 0 Å². The molecular weight excluding hydrogens is 305 g/mol. The highest BCUT2D eigenvalue weighted by atomic mass is 79.9. The molecule has 0 saturated carbocycles. The van der Waals surface area contributed by atoms with Crippen molar-refractivity contribution in [2.24, 2.45) is 0 Å². The molecule has 2 aromatic rings. The van der Waals surface area contributed by atoms with Crippen molar-refractivity contribution in [1.29, 1.82) is 0 Å². The zero-order valence-electron chi connectivity index (χ0n) is 8.93. The molecule has 1 aromatic heterocycles. The molecular formula is C12H7BrFNO3. The number of aromatic nitrogens is 1. The van der Waals surface area contributed by atoms with Gasteiger partial charge in [-0.2, -0.15) is 0 Å². The number of hydrogen-bond donors (Lipinski definition) is 1. The minimum Gasteiger partial charge on any atom is -0.478 e. The quantitative estimate of drug-likeness (QED) is 0.943. The third-order valence-electron chi connectivity index (χ3n) is 2.10. The summed E-state index contributed by atoms with van der Waals surface area (Å²) in [6, 6.07) is 7.15. The molecule has 0 fully saturated rings. The smallest absolute Gasteiger partial charge is 0.339 e. The number of para-hydroxylation sites is 1. The molecule has 2 rings (SSSR count). The first-order chi connectivity index (χ1) is 8.58. The number of nitrogens with zero attached hydrogens (tertiary/aromatic N) is 1. The summed E-state index contributed by atoms with van der Waals surface area (Å²) in [4.78, 5) is 14.7. The predicted molar refractivity (Wildman–Crippen MR) is 65.4 cm³/mol. The molecule has 0 atom stereocenters. The van der Waals surface area contributed by atoms with Gasteiger partial charge < -0.3 is 9.84 Å². The minimum absolute atomic E-state index is 0.0405. The second-order valence-electron chi connectivity index (χ2n) is 3.34. The number of pyridine rings is 1. The second-order valence-corrected chi connectivity index (χ2v) is 4.26. The molecule has 0 saturated heterocycles. The third-order valence-corrected chi connectivity index (χ3v) is 2.53. The third kappa shape index (κ3) is 2.65. The lowest BCUT2D eigenvalue weighted by molar-refractivity contribution is 0.0694. The first-order valence-corrected chi connectivity index (χ1v) is 5.68. The standard InChI is InChI=1S/C12H7BrFNO3/c13-7-5-9(14)11(15-6-7)18-10-4-2-1-3-8(10)12(16)17/h1-6H,(H,16,17). The van der Waals surface area contributed by atoms with E-state index in [-0.39, 0.29) is 17.2 Å². The molecule has 0 amide bonds. The Labute approximate surface area is 110 Å². The lowest BCUT2D eigenvalue weighted by Gasteiger charge is -2.08. The Morgan fingerprint density at radius 3 is 2.78 bits per heavy atom. The van der Waals surface area contributed by atoms with E-state index in [1.165, 1.54) is 24.4 Å². The summed E-state index contributed by atoms with van der Waals surface area (Å²) in [7, 11) is 0. The molecule has 6 heteroatoms. The first-order valence-electron chi connectivity index (χ1n) is 4.89. The molecule has 0 unspecified atom stereocenters. The second kappa shape index (κ2) is 5.14. The van der Waals surface area contributed by atoms with Gasteiger partial charge in [-0.15, -0.1) is 0 Å². The fraction of sp³-hybridized carbons (Fsp3) is 0. The highest BCUT2D eigenvalue weighted by molar-refractivity contribution is 9.10. The van der Waals surface area contributed by atoms with Crippen LogP contribution in [-0.4, -0.2) is 16.1 Å². The van der Waals surface area contributed by atoms with E-state index < -0.39 is 11.8 Å². The number of carboxylic acid groups (broad SMARTS) is 1. The van der Waals surface area contributed by atoms with Crippen molar-refractivity contribution in [3.05, 3.63) is 52.4 Å². The van der Waals surface area contributed by atoms with Crippen LogP contribution in [0, 0.1) is 5.82 Å². The van der Waals surface area contributed by atoms with Crippen molar-refractivity contribution in [1.82, 2.24) is 4.98 Å². The topological polar surface area (TPSA) is 59.4 Å². The van der Waals surface area contributed by atoms with Gasteiger partial charge in [-0.25, -0.2) is 14.2 Å². The van der Waals surface area contributed by atoms with Crippen LogP contribution in [0.4, 0.5) is 4.39 Å². The molecule has 92 valence electrons. The molecule has 4 nitrogen and oxygen atoms in total. The summed E-state index contributed by atoms with van der Waals surface area (Å²) in [5, 5.41) is 8.96. The molecule has 1 N–H and O–H groups in total. The van der Waals surface area contributed by atoms with Crippen molar-refractivity contribution in [2.75, 3.05) is 0 Å². The van der Waals surface area contributed by atoms with Crippen LogP contribution >= 0.6 is 15.9 Å². The summed E-state index contributed by atoms with van der Waals surface area (Å²) >= 11 is 3.07. The Morgan fingerprint density at radius 2 is 2.11 bits per heavy atom. The Hall–Kier alpha value is -1.95. The summed E-state index contributed by atoms with van der Waals surface area (Å²) in [6.45, 7) is 0. The van der Waals surface area contributed by atoms with Gasteiger partial charge in [-0.3, -0.25) is 0 Å². The van der Waals surface area contributed by atoms with E-state index in [4.69, 9.17) is 9.84 Å². The molecule has 1 heterocycles. The molecule has 18 heavy (non-hydrogen) atoms. The van der Waals surface area contributed by atoms with E-state index in [9.17, 15) is 9.18 Å². The van der Waals surface area contributed by atoms with Gasteiger partial charge in [0, 0.05) is 10.7 Å². The molecule has 0 aliphatic carbocycles. The van der Waals surface area contributed by atoms with Gasteiger partial charge >= 0.3 is 5.97 Å². The fourth-order valence-corrected chi connectivity index (χ4v) is 1.62. The molecule has 0 radical (unpaired) electrons. The fourth-order valence-electron chi connectivity index (χ4n) is 1.31. The van der Waals surface area contributed by atoms with Gasteiger partial charge in [-0.1, -0.05) is 12.1 Å². The average molecular weight is 312 g/mol. The van der Waals surface area contributed by atoms with Crippen LogP contribution in [0.3, 0.4) is 0 Å². The largest absolute Gasteiger partial charge is 0.478 e. The zero-order chi connectivity index (χ0) is 13.1. The maximum Gasteiger partial charge on any atom is 0.339 e. The number of rotatable bonds is 3. The summed E-state index contributed by atoms with van der Waals surface area (Å²) in [5.74, 6) is -2.06. The maximum absolute atomic E-state index is 13.5. The first kappa shape index (κ1) is 12.5. The highest BCUT2D eigenvalue weighted by Gasteiger charge is 2.13. The molecule has 0 aliphatic heterocycles. The van der Waals surface area contributed by atoms with Crippen LogP contribution in [0.25, 0.3) is 0 Å². The van der Waals surface area contributed by atoms with Gasteiger partial charge in [-0.05, 0) is 34.1 Å². The Kier molecular flexibility index (Phi) is 3.57. The van der Waals surface area contributed by atoms with Crippen molar-refractivity contribution in [3.8, 4) is 11.6 Å². The Balaban J connectivity index is 2.37. The number of hydrogen-bond acceptors (Lipinski definition) is 3. The number of carboxylic acids is 1. The van der Waals surface area contributed by atoms with E-state index in [2.05, 4.69) is 20.9 Å². The van der Waals surface area contributed by atoms with Crippen molar-refractivity contribution < 1.29 is 19.0 Å². The van der Waals surface area contributed by atoms with E-state index in [1.807, 2.05) is 0 Å². The van der Waals surface area contributed by atoms with Crippen LogP contribution in [0.5, 0.6) is 11.6 Å². The van der Waals surface area contributed by atoms with Crippen LogP contribution in [0.1, 0.15) is 10.4 Å². The average Bonchev–Trinajstić information content (AvgIpc) is 2.33. The van der Waals surface area contributed by atoms with Crippen molar-refractivity contribution in [2.45, 2.75) is 0 Å². The lowest BCUT2D eigenvalue weighted by Crippen LogP contribution is -2.01. The number of halogens is 2. The van der Waals surface area contributed by atoms with Crippen molar-refractivity contribution in [3.63, 3.8) is 0 Å².